The molecule has 2 aromatic rings. The number of nitrogens with zero attached hydrogens (tertiary/aromatic N) is 7. The fourth-order valence-corrected chi connectivity index (χ4v) is 4.59. The van der Waals surface area contributed by atoms with Crippen LogP contribution in [0.5, 0.6) is 0 Å². The highest BCUT2D eigenvalue weighted by Gasteiger charge is 2.39. The summed E-state index contributed by atoms with van der Waals surface area (Å²) in [4.78, 5) is 10.8. The molecule has 0 unspecified atom stereocenters. The number of hydrogen-bond donors (Lipinski definition) is 3. The highest BCUT2D eigenvalue weighted by atomic mass is 15.4. The average molecular weight is 445 g/mol. The minimum atomic E-state index is -0.282. The number of anilines is 1. The standard InChI is InChI=1S/C23H28N10/c24-32-27-15-18-12-20-21(13-19(18)16-28-33-25)30-23(10-6-1-2-7-11-23)22(29-20)31-26-14-17-8-4-3-5-9-17/h3-5,8-9,12-13,26,30H,1-2,6-7,10-11,14-16H2,(H,29,31). The third kappa shape index (κ3) is 5.38. The summed E-state index contributed by atoms with van der Waals surface area (Å²) in [6.45, 7) is 1.05. The molecule has 0 aromatic heterocycles. The van der Waals surface area contributed by atoms with Gasteiger partial charge in [-0.3, -0.25) is 0 Å². The van der Waals surface area contributed by atoms with Crippen LogP contribution in [-0.4, -0.2) is 11.4 Å². The lowest BCUT2D eigenvalue weighted by Gasteiger charge is -2.40. The first-order chi connectivity index (χ1) is 16.2. The first-order valence-electron chi connectivity index (χ1n) is 11.3. The fourth-order valence-electron chi connectivity index (χ4n) is 4.59. The average Bonchev–Trinajstić information content (AvgIpc) is 3.08. The van der Waals surface area contributed by atoms with Crippen LogP contribution in [0.2, 0.25) is 0 Å². The van der Waals surface area contributed by atoms with E-state index in [0.29, 0.717) is 6.54 Å². The molecule has 1 fully saturated rings. The minimum absolute atomic E-state index is 0.176. The Morgan fingerprint density at radius 3 is 2.27 bits per heavy atom. The molecule has 1 aliphatic carbocycles. The Morgan fingerprint density at radius 2 is 1.61 bits per heavy atom. The summed E-state index contributed by atoms with van der Waals surface area (Å²) >= 11 is 0. The summed E-state index contributed by atoms with van der Waals surface area (Å²) in [7, 11) is 0. The Balaban J connectivity index is 1.67. The van der Waals surface area contributed by atoms with Crippen LogP contribution in [0.1, 0.15) is 55.2 Å². The predicted molar refractivity (Wildman–Crippen MR) is 130 cm³/mol. The van der Waals surface area contributed by atoms with E-state index in [1.807, 2.05) is 30.3 Å². The molecule has 2 aromatic carbocycles. The zero-order valence-electron chi connectivity index (χ0n) is 18.5. The molecule has 0 amide bonds. The van der Waals surface area contributed by atoms with Crippen LogP contribution in [0.3, 0.4) is 0 Å². The summed E-state index contributed by atoms with van der Waals surface area (Å²) in [6.07, 6.45) is 6.65. The third-order valence-corrected chi connectivity index (χ3v) is 6.29. The van der Waals surface area contributed by atoms with Crippen molar-refractivity contribution in [1.29, 1.82) is 0 Å². The molecule has 1 aliphatic heterocycles. The number of rotatable bonds is 7. The van der Waals surface area contributed by atoms with E-state index in [1.165, 1.54) is 18.4 Å². The van der Waals surface area contributed by atoms with E-state index in [0.717, 1.165) is 54.0 Å². The van der Waals surface area contributed by atoms with Gasteiger partial charge >= 0.3 is 0 Å². The predicted octanol–water partition coefficient (Wildman–Crippen LogP) is 6.15. The zero-order valence-corrected chi connectivity index (χ0v) is 18.5. The highest BCUT2D eigenvalue weighted by Crippen LogP contribution is 2.41. The summed E-state index contributed by atoms with van der Waals surface area (Å²) in [5.41, 5.74) is 28.5. The molecule has 170 valence electrons. The van der Waals surface area contributed by atoms with Gasteiger partial charge < -0.3 is 10.7 Å². The van der Waals surface area contributed by atoms with Gasteiger partial charge in [0.15, 0.2) is 0 Å². The van der Waals surface area contributed by atoms with Crippen LogP contribution in [-0.2, 0) is 19.6 Å². The van der Waals surface area contributed by atoms with Crippen molar-refractivity contribution in [2.45, 2.75) is 63.7 Å². The number of hydrogen-bond acceptors (Lipinski definition) is 6. The smallest absolute Gasteiger partial charge is 0.142 e. The molecule has 1 heterocycles. The van der Waals surface area contributed by atoms with Gasteiger partial charge in [-0.05, 0) is 52.7 Å². The molecular weight excluding hydrogens is 416 g/mol. The number of hydrazine groups is 1. The van der Waals surface area contributed by atoms with Crippen molar-refractivity contribution < 1.29 is 0 Å². The van der Waals surface area contributed by atoms with Crippen molar-refractivity contribution in [3.05, 3.63) is 80.0 Å². The largest absolute Gasteiger partial charge is 0.371 e. The zero-order chi connectivity index (χ0) is 22.9. The van der Waals surface area contributed by atoms with Crippen LogP contribution >= 0.6 is 0 Å². The molecule has 0 radical (unpaired) electrons. The number of azide groups is 2. The second-order valence-electron chi connectivity index (χ2n) is 8.46. The Kier molecular flexibility index (Phi) is 7.32. The van der Waals surface area contributed by atoms with Gasteiger partial charge in [-0.15, -0.1) is 0 Å². The van der Waals surface area contributed by atoms with Crippen molar-refractivity contribution in [3.8, 4) is 0 Å². The summed E-state index contributed by atoms with van der Waals surface area (Å²) in [5.74, 6) is 0.880. The van der Waals surface area contributed by atoms with Crippen LogP contribution in [0.4, 0.5) is 11.4 Å². The second kappa shape index (κ2) is 10.7. The van der Waals surface area contributed by atoms with Crippen molar-refractivity contribution >= 4 is 17.2 Å². The van der Waals surface area contributed by atoms with Gasteiger partial charge in [-0.1, -0.05) is 66.2 Å². The van der Waals surface area contributed by atoms with Gasteiger partial charge in [-0.2, -0.15) is 0 Å². The van der Waals surface area contributed by atoms with Gasteiger partial charge in [0.2, 0.25) is 0 Å². The monoisotopic (exact) mass is 444 g/mol. The van der Waals surface area contributed by atoms with Crippen molar-refractivity contribution in [1.82, 2.24) is 10.9 Å². The number of amidine groups is 1. The molecular formula is C23H28N10. The van der Waals surface area contributed by atoms with Gasteiger partial charge in [-0.25, -0.2) is 10.4 Å². The molecule has 1 saturated carbocycles. The third-order valence-electron chi connectivity index (χ3n) is 6.29. The number of nitrogens with one attached hydrogen (secondary N) is 3. The maximum atomic E-state index is 8.79. The molecule has 0 bridgehead atoms. The van der Waals surface area contributed by atoms with Crippen LogP contribution in [0.25, 0.3) is 20.9 Å². The topological polar surface area (TPSA) is 146 Å². The Labute approximate surface area is 192 Å². The molecule has 4 rings (SSSR count). The van der Waals surface area contributed by atoms with E-state index in [1.54, 1.807) is 0 Å². The quantitative estimate of drug-likeness (QED) is 0.204. The normalized spacial score (nSPS) is 16.3. The maximum Gasteiger partial charge on any atom is 0.142 e. The van der Waals surface area contributed by atoms with Crippen molar-refractivity contribution in [2.75, 3.05) is 5.32 Å². The van der Waals surface area contributed by atoms with Crippen LogP contribution in [0, 0.1) is 0 Å². The Bertz CT molecular complexity index is 1090. The van der Waals surface area contributed by atoms with Crippen LogP contribution in [0.15, 0.2) is 57.7 Å². The van der Waals surface area contributed by atoms with E-state index in [9.17, 15) is 0 Å². The summed E-state index contributed by atoms with van der Waals surface area (Å²) < 4.78 is 0. The molecule has 33 heavy (non-hydrogen) atoms. The number of benzene rings is 2. The SMILES string of the molecule is [N-]=[N+]=NCc1cc2c(cc1CN=[N+]=[N-])NC1(CCCCCC1)C(NNCc1ccccc1)=N2. The van der Waals surface area contributed by atoms with E-state index >= 15 is 0 Å². The fraction of sp³-hybridized carbons (Fsp3) is 0.435. The Hall–Kier alpha value is -3.71. The number of fused-ring (bicyclic) bond motifs is 1. The molecule has 3 N–H and O–H groups in total. The molecule has 0 atom stereocenters. The number of aliphatic imine (C=N–C) groups is 1. The lowest BCUT2D eigenvalue weighted by atomic mass is 9.86. The molecule has 1 spiro atoms. The second-order valence-corrected chi connectivity index (χ2v) is 8.46. The molecule has 0 saturated heterocycles. The highest BCUT2D eigenvalue weighted by molar-refractivity contribution is 6.00. The van der Waals surface area contributed by atoms with E-state index < -0.39 is 0 Å². The lowest BCUT2D eigenvalue weighted by molar-refractivity contribution is 0.494. The molecule has 10 nitrogen and oxygen atoms in total. The minimum Gasteiger partial charge on any atom is -0.371 e. The van der Waals surface area contributed by atoms with Crippen LogP contribution < -0.4 is 16.2 Å². The van der Waals surface area contributed by atoms with E-state index in [4.69, 9.17) is 16.1 Å². The molecule has 2 aliphatic rings. The Morgan fingerprint density at radius 1 is 0.939 bits per heavy atom. The lowest BCUT2D eigenvalue weighted by Crippen LogP contribution is -2.56. The molecule has 10 heteroatoms. The summed E-state index contributed by atoms with van der Waals surface area (Å²) in [6, 6.07) is 14.1. The van der Waals surface area contributed by atoms with Crippen molar-refractivity contribution in [2.24, 2.45) is 15.2 Å². The van der Waals surface area contributed by atoms with Gasteiger partial charge in [0.1, 0.15) is 5.84 Å². The van der Waals surface area contributed by atoms with Gasteiger partial charge in [0, 0.05) is 16.4 Å². The van der Waals surface area contributed by atoms with Gasteiger partial charge in [0.05, 0.1) is 30.0 Å². The van der Waals surface area contributed by atoms with Crippen molar-refractivity contribution in [3.63, 3.8) is 0 Å². The van der Waals surface area contributed by atoms with Gasteiger partial charge in [0.25, 0.3) is 0 Å². The van der Waals surface area contributed by atoms with E-state index in [-0.39, 0.29) is 18.6 Å². The summed E-state index contributed by atoms with van der Waals surface area (Å²) in [5, 5.41) is 11.2. The first-order valence-corrected chi connectivity index (χ1v) is 11.3. The van der Waals surface area contributed by atoms with E-state index in [2.05, 4.69) is 48.4 Å². The maximum absolute atomic E-state index is 8.79. The first kappa shape index (κ1) is 22.5.